The first-order valence-electron chi connectivity index (χ1n) is 7.36. The third-order valence-electron chi connectivity index (χ3n) is 4.12. The van der Waals surface area contributed by atoms with Crippen LogP contribution in [0.4, 0.5) is 0 Å². The summed E-state index contributed by atoms with van der Waals surface area (Å²) in [7, 11) is 0. The number of carboxylic acid groups (broad SMARTS) is 1. The van der Waals surface area contributed by atoms with Crippen LogP contribution in [0.15, 0.2) is 24.3 Å². The highest BCUT2D eigenvalue weighted by Crippen LogP contribution is 2.27. The molecule has 1 aliphatic heterocycles. The number of ether oxygens (including phenoxy) is 1. The first-order valence-corrected chi connectivity index (χ1v) is 7.36. The molecule has 116 valence electrons. The molecule has 2 atom stereocenters. The van der Waals surface area contributed by atoms with Crippen molar-refractivity contribution in [2.24, 2.45) is 11.8 Å². The summed E-state index contributed by atoms with van der Waals surface area (Å²) in [6.07, 6.45) is 0.887. The second-order valence-corrected chi connectivity index (χ2v) is 5.89. The highest BCUT2D eigenvalue weighted by Gasteiger charge is 2.35. The maximum absolute atomic E-state index is 11.5. The Hall–Kier alpha value is -1.75. The highest BCUT2D eigenvalue weighted by atomic mass is 16.5. The van der Waals surface area contributed by atoms with Crippen molar-refractivity contribution in [1.82, 2.24) is 4.90 Å². The van der Waals surface area contributed by atoms with E-state index in [1.54, 1.807) is 18.2 Å². The van der Waals surface area contributed by atoms with E-state index >= 15 is 0 Å². The fraction of sp³-hybridized carbons (Fsp3) is 0.562. The molecule has 2 rings (SSSR count). The minimum atomic E-state index is -0.814. The van der Waals surface area contributed by atoms with E-state index in [0.717, 1.165) is 19.5 Å². The van der Waals surface area contributed by atoms with Crippen molar-refractivity contribution in [2.45, 2.75) is 26.3 Å². The molecule has 0 spiro atoms. The normalized spacial score (nSPS) is 20.6. The molecule has 21 heavy (non-hydrogen) atoms. The van der Waals surface area contributed by atoms with Gasteiger partial charge in [0.05, 0.1) is 5.92 Å². The maximum Gasteiger partial charge on any atom is 0.310 e. The number of carbonyl (C=O) groups is 1. The lowest BCUT2D eigenvalue weighted by atomic mass is 9.92. The second-order valence-electron chi connectivity index (χ2n) is 5.89. The molecule has 1 heterocycles. The topological polar surface area (TPSA) is 70.0 Å². The summed E-state index contributed by atoms with van der Waals surface area (Å²) in [6, 6.07) is 6.88. The van der Waals surface area contributed by atoms with E-state index in [4.69, 9.17) is 4.74 Å². The number of benzene rings is 1. The maximum atomic E-state index is 11.5. The molecule has 1 aliphatic rings. The summed E-state index contributed by atoms with van der Waals surface area (Å²) < 4.78 is 5.56. The molecule has 0 aromatic heterocycles. The fourth-order valence-electron chi connectivity index (χ4n) is 2.78. The number of hydrogen-bond acceptors (Lipinski definition) is 4. The quantitative estimate of drug-likeness (QED) is 0.841. The van der Waals surface area contributed by atoms with Gasteiger partial charge in [0.1, 0.15) is 18.1 Å². The standard InChI is InChI=1S/C16H23NO4/c1-11(2)17-7-6-12(9-17)15(16(19)20)10-21-14-5-3-4-13(18)8-14/h3-5,8,11-12,15,18H,6-7,9-10H2,1-2H3,(H,19,20). The average Bonchev–Trinajstić information content (AvgIpc) is 2.88. The molecule has 2 N–H and O–H groups in total. The molecule has 0 radical (unpaired) electrons. The van der Waals surface area contributed by atoms with Crippen LogP contribution >= 0.6 is 0 Å². The van der Waals surface area contributed by atoms with Crippen LogP contribution in [0.2, 0.25) is 0 Å². The smallest absolute Gasteiger partial charge is 0.310 e. The Morgan fingerprint density at radius 3 is 2.81 bits per heavy atom. The molecular formula is C16H23NO4. The number of phenols is 1. The predicted octanol–water partition coefficient (Wildman–Crippen LogP) is 2.20. The molecule has 0 amide bonds. The van der Waals surface area contributed by atoms with Gasteiger partial charge in [-0.2, -0.15) is 0 Å². The molecule has 1 saturated heterocycles. The molecule has 2 unspecified atom stereocenters. The van der Waals surface area contributed by atoms with Gasteiger partial charge >= 0.3 is 5.97 Å². The molecular weight excluding hydrogens is 270 g/mol. The number of carboxylic acids is 1. The van der Waals surface area contributed by atoms with Gasteiger partial charge in [0, 0.05) is 18.7 Å². The van der Waals surface area contributed by atoms with Crippen molar-refractivity contribution in [3.63, 3.8) is 0 Å². The third-order valence-corrected chi connectivity index (χ3v) is 4.12. The average molecular weight is 293 g/mol. The lowest BCUT2D eigenvalue weighted by Crippen LogP contribution is -2.33. The van der Waals surface area contributed by atoms with Gasteiger partial charge in [-0.25, -0.2) is 0 Å². The predicted molar refractivity (Wildman–Crippen MR) is 79.5 cm³/mol. The zero-order chi connectivity index (χ0) is 15.4. The Bertz CT molecular complexity index is 489. The van der Waals surface area contributed by atoms with Crippen LogP contribution in [0.1, 0.15) is 20.3 Å². The lowest BCUT2D eigenvalue weighted by molar-refractivity contribution is -0.144. The Morgan fingerprint density at radius 1 is 1.48 bits per heavy atom. The van der Waals surface area contributed by atoms with Crippen LogP contribution < -0.4 is 4.74 Å². The summed E-state index contributed by atoms with van der Waals surface area (Å²) in [5, 5.41) is 18.8. The van der Waals surface area contributed by atoms with E-state index in [2.05, 4.69) is 18.7 Å². The van der Waals surface area contributed by atoms with Crippen LogP contribution in [0.5, 0.6) is 11.5 Å². The second kappa shape index (κ2) is 6.80. The highest BCUT2D eigenvalue weighted by molar-refractivity contribution is 5.70. The van der Waals surface area contributed by atoms with E-state index in [1.165, 1.54) is 6.07 Å². The number of likely N-dealkylation sites (tertiary alicyclic amines) is 1. The van der Waals surface area contributed by atoms with Crippen molar-refractivity contribution < 1.29 is 19.7 Å². The van der Waals surface area contributed by atoms with E-state index < -0.39 is 11.9 Å². The van der Waals surface area contributed by atoms with E-state index in [1.807, 2.05) is 0 Å². The summed E-state index contributed by atoms with van der Waals surface area (Å²) in [4.78, 5) is 13.8. The summed E-state index contributed by atoms with van der Waals surface area (Å²) in [5.74, 6) is -0.602. The Kier molecular flexibility index (Phi) is 5.07. The molecule has 1 aromatic rings. The fourth-order valence-corrected chi connectivity index (χ4v) is 2.78. The van der Waals surface area contributed by atoms with Gasteiger partial charge in [-0.1, -0.05) is 6.07 Å². The Labute approximate surface area is 125 Å². The molecule has 1 aromatic carbocycles. The molecule has 0 aliphatic carbocycles. The molecule has 5 nitrogen and oxygen atoms in total. The number of hydrogen-bond donors (Lipinski definition) is 2. The Morgan fingerprint density at radius 2 is 2.24 bits per heavy atom. The minimum absolute atomic E-state index is 0.113. The third kappa shape index (κ3) is 4.11. The largest absolute Gasteiger partial charge is 0.508 e. The molecule has 5 heteroatoms. The number of nitrogens with zero attached hydrogens (tertiary/aromatic N) is 1. The zero-order valence-corrected chi connectivity index (χ0v) is 12.5. The first kappa shape index (κ1) is 15.6. The Balaban J connectivity index is 1.95. The van der Waals surface area contributed by atoms with Gasteiger partial charge in [-0.15, -0.1) is 0 Å². The van der Waals surface area contributed by atoms with Gasteiger partial charge < -0.3 is 19.8 Å². The monoisotopic (exact) mass is 293 g/mol. The van der Waals surface area contributed by atoms with Gasteiger partial charge in [0.25, 0.3) is 0 Å². The molecule has 0 bridgehead atoms. The summed E-state index contributed by atoms with van der Waals surface area (Å²) >= 11 is 0. The van der Waals surface area contributed by atoms with Gasteiger partial charge in [-0.3, -0.25) is 4.79 Å². The van der Waals surface area contributed by atoms with E-state index in [0.29, 0.717) is 11.8 Å². The number of aromatic hydroxyl groups is 1. The van der Waals surface area contributed by atoms with Crippen LogP contribution in [-0.2, 0) is 4.79 Å². The summed E-state index contributed by atoms with van der Waals surface area (Å²) in [6.45, 7) is 6.13. The van der Waals surface area contributed by atoms with Crippen molar-refractivity contribution in [3.8, 4) is 11.5 Å². The zero-order valence-electron chi connectivity index (χ0n) is 12.5. The minimum Gasteiger partial charge on any atom is -0.508 e. The van der Waals surface area contributed by atoms with Crippen molar-refractivity contribution in [1.29, 1.82) is 0 Å². The van der Waals surface area contributed by atoms with Gasteiger partial charge in [0.2, 0.25) is 0 Å². The van der Waals surface area contributed by atoms with E-state index in [9.17, 15) is 15.0 Å². The number of phenolic OH excluding ortho intramolecular Hbond substituents is 1. The van der Waals surface area contributed by atoms with Crippen LogP contribution in [-0.4, -0.2) is 46.8 Å². The van der Waals surface area contributed by atoms with Gasteiger partial charge in [0.15, 0.2) is 0 Å². The summed E-state index contributed by atoms with van der Waals surface area (Å²) in [5.41, 5.74) is 0. The first-order chi connectivity index (χ1) is 9.97. The number of rotatable bonds is 6. The van der Waals surface area contributed by atoms with Crippen molar-refractivity contribution >= 4 is 5.97 Å². The molecule has 1 fully saturated rings. The van der Waals surface area contributed by atoms with Crippen molar-refractivity contribution in [2.75, 3.05) is 19.7 Å². The molecule has 0 saturated carbocycles. The van der Waals surface area contributed by atoms with Crippen LogP contribution in [0.3, 0.4) is 0 Å². The lowest BCUT2D eigenvalue weighted by Gasteiger charge is -2.23. The van der Waals surface area contributed by atoms with Crippen molar-refractivity contribution in [3.05, 3.63) is 24.3 Å². The van der Waals surface area contributed by atoms with Gasteiger partial charge in [-0.05, 0) is 44.9 Å². The van der Waals surface area contributed by atoms with Crippen LogP contribution in [0.25, 0.3) is 0 Å². The van der Waals surface area contributed by atoms with Crippen LogP contribution in [0, 0.1) is 11.8 Å². The van der Waals surface area contributed by atoms with E-state index in [-0.39, 0.29) is 18.3 Å². The SMILES string of the molecule is CC(C)N1CCC(C(COc2cccc(O)c2)C(=O)O)C1. The number of aliphatic carboxylic acids is 1.